The zero-order valence-electron chi connectivity index (χ0n) is 10.2. The van der Waals surface area contributed by atoms with Gasteiger partial charge in [-0.25, -0.2) is 9.37 Å². The maximum Gasteiger partial charge on any atom is 0.215 e. The lowest BCUT2D eigenvalue weighted by Gasteiger charge is -2.08. The highest BCUT2D eigenvalue weighted by molar-refractivity contribution is 6.31. The van der Waals surface area contributed by atoms with Crippen LogP contribution in [0, 0.1) is 5.82 Å². The number of hydrogen-bond acceptors (Lipinski definition) is 3. The minimum absolute atomic E-state index is 0.252. The van der Waals surface area contributed by atoms with Crippen molar-refractivity contribution >= 4 is 11.6 Å². The highest BCUT2D eigenvalue weighted by atomic mass is 35.5. The molecule has 1 aliphatic rings. The molecule has 1 aliphatic carbocycles. The number of rotatable bonds is 3. The first kappa shape index (κ1) is 12.4. The minimum Gasteiger partial charge on any atom is -0.471 e. The smallest absolute Gasteiger partial charge is 0.215 e. The Labute approximate surface area is 115 Å². The van der Waals surface area contributed by atoms with Crippen molar-refractivity contribution in [2.45, 2.75) is 25.9 Å². The van der Waals surface area contributed by atoms with Crippen LogP contribution in [0.4, 0.5) is 4.39 Å². The van der Waals surface area contributed by atoms with E-state index in [4.69, 9.17) is 16.3 Å². The van der Waals surface area contributed by atoms with Gasteiger partial charge in [0.2, 0.25) is 5.88 Å². The lowest BCUT2D eigenvalue weighted by molar-refractivity contribution is 0.288. The first-order valence-electron chi connectivity index (χ1n) is 6.14. The van der Waals surface area contributed by atoms with E-state index in [0.717, 1.165) is 30.5 Å². The quantitative estimate of drug-likeness (QED) is 0.864. The lowest BCUT2D eigenvalue weighted by atomic mass is 10.2. The Morgan fingerprint density at radius 1 is 1.32 bits per heavy atom. The van der Waals surface area contributed by atoms with Crippen LogP contribution < -0.4 is 4.74 Å². The number of fused-ring (bicyclic) bond motifs is 1. The van der Waals surface area contributed by atoms with E-state index in [0.29, 0.717) is 16.6 Å². The van der Waals surface area contributed by atoms with Crippen molar-refractivity contribution in [3.05, 3.63) is 52.2 Å². The van der Waals surface area contributed by atoms with Gasteiger partial charge in [0.25, 0.3) is 0 Å². The van der Waals surface area contributed by atoms with Crippen LogP contribution in [0.3, 0.4) is 0 Å². The topological polar surface area (TPSA) is 35.0 Å². The molecule has 3 rings (SSSR count). The van der Waals surface area contributed by atoms with Gasteiger partial charge in [0.15, 0.2) is 0 Å². The Balaban J connectivity index is 1.73. The summed E-state index contributed by atoms with van der Waals surface area (Å²) in [5.74, 6) is 0.138. The van der Waals surface area contributed by atoms with Crippen LogP contribution in [0.25, 0.3) is 0 Å². The zero-order chi connectivity index (χ0) is 13.2. The normalized spacial score (nSPS) is 13.4. The summed E-state index contributed by atoms with van der Waals surface area (Å²) in [6, 6.07) is 4.67. The molecule has 2 aromatic rings. The molecule has 0 N–H and O–H groups in total. The second-order valence-electron chi connectivity index (χ2n) is 4.48. The van der Waals surface area contributed by atoms with E-state index in [-0.39, 0.29) is 12.4 Å². The summed E-state index contributed by atoms with van der Waals surface area (Å²) in [4.78, 5) is 8.37. The molecule has 19 heavy (non-hydrogen) atoms. The fourth-order valence-corrected chi connectivity index (χ4v) is 2.48. The third kappa shape index (κ3) is 2.68. The maximum absolute atomic E-state index is 12.7. The molecule has 2 heterocycles. The number of aromatic nitrogens is 2. The average molecular weight is 279 g/mol. The highest BCUT2D eigenvalue weighted by Crippen LogP contribution is 2.30. The first-order valence-corrected chi connectivity index (χ1v) is 6.52. The molecule has 0 spiro atoms. The van der Waals surface area contributed by atoms with Gasteiger partial charge in [-0.15, -0.1) is 0 Å². The molecule has 0 amide bonds. The van der Waals surface area contributed by atoms with Gasteiger partial charge >= 0.3 is 0 Å². The van der Waals surface area contributed by atoms with Gasteiger partial charge in [-0.1, -0.05) is 11.6 Å². The summed E-state index contributed by atoms with van der Waals surface area (Å²) >= 11 is 6.19. The van der Waals surface area contributed by atoms with Gasteiger partial charge < -0.3 is 4.74 Å². The third-order valence-electron chi connectivity index (χ3n) is 3.13. The molecule has 0 unspecified atom stereocenters. The van der Waals surface area contributed by atoms with E-state index in [1.165, 1.54) is 12.3 Å². The Morgan fingerprint density at radius 2 is 2.21 bits per heavy atom. The number of halogens is 2. The molecular formula is C14H12ClFN2O. The molecule has 5 heteroatoms. The molecule has 2 aromatic heterocycles. The highest BCUT2D eigenvalue weighted by Gasteiger charge is 2.17. The summed E-state index contributed by atoms with van der Waals surface area (Å²) < 4.78 is 18.3. The fraction of sp³-hybridized carbons (Fsp3) is 0.286. The van der Waals surface area contributed by atoms with Gasteiger partial charge in [0.1, 0.15) is 12.4 Å². The Kier molecular flexibility index (Phi) is 3.34. The molecule has 0 radical (unpaired) electrons. The minimum atomic E-state index is -0.359. The largest absolute Gasteiger partial charge is 0.471 e. The summed E-state index contributed by atoms with van der Waals surface area (Å²) in [5, 5.41) is 0.713. The predicted octanol–water partition coefficient (Wildman–Crippen LogP) is 3.34. The van der Waals surface area contributed by atoms with Crippen LogP contribution in [-0.2, 0) is 19.4 Å². The second-order valence-corrected chi connectivity index (χ2v) is 4.88. The third-order valence-corrected chi connectivity index (χ3v) is 3.47. The van der Waals surface area contributed by atoms with Gasteiger partial charge in [-0.2, -0.15) is 0 Å². The van der Waals surface area contributed by atoms with Crippen LogP contribution in [0.15, 0.2) is 24.4 Å². The van der Waals surface area contributed by atoms with Crippen molar-refractivity contribution in [3.63, 3.8) is 0 Å². The number of hydrogen-bond donors (Lipinski definition) is 0. The second kappa shape index (κ2) is 5.13. The van der Waals surface area contributed by atoms with E-state index >= 15 is 0 Å². The van der Waals surface area contributed by atoms with Gasteiger partial charge in [0, 0.05) is 11.8 Å². The van der Waals surface area contributed by atoms with E-state index in [1.54, 1.807) is 12.1 Å². The van der Waals surface area contributed by atoms with Crippen LogP contribution in [-0.4, -0.2) is 9.97 Å². The summed E-state index contributed by atoms with van der Waals surface area (Å²) in [5.41, 5.74) is 2.81. The standard InChI is InChI=1S/C14H12ClFN2O/c15-12-6-14(18-13-3-1-2-11(12)13)19-8-10-5-4-9(16)7-17-10/h4-7H,1-3,8H2. The molecule has 0 aliphatic heterocycles. The van der Waals surface area contributed by atoms with Crippen molar-refractivity contribution < 1.29 is 9.13 Å². The fourth-order valence-electron chi connectivity index (χ4n) is 2.18. The average Bonchev–Trinajstić information content (AvgIpc) is 2.87. The zero-order valence-corrected chi connectivity index (χ0v) is 11.0. The Morgan fingerprint density at radius 3 is 3.00 bits per heavy atom. The lowest BCUT2D eigenvalue weighted by Crippen LogP contribution is -2.01. The number of nitrogens with zero attached hydrogens (tertiary/aromatic N) is 2. The van der Waals surface area contributed by atoms with E-state index in [2.05, 4.69) is 9.97 Å². The van der Waals surface area contributed by atoms with Crippen LogP contribution in [0.5, 0.6) is 5.88 Å². The Bertz CT molecular complexity index is 601. The summed E-state index contributed by atoms with van der Waals surface area (Å²) in [7, 11) is 0. The number of ether oxygens (including phenoxy) is 1. The molecule has 0 saturated carbocycles. The molecule has 0 saturated heterocycles. The molecule has 0 fully saturated rings. The number of aryl methyl sites for hydroxylation is 1. The maximum atomic E-state index is 12.7. The molecule has 98 valence electrons. The SMILES string of the molecule is Fc1ccc(COc2cc(Cl)c3c(n2)CCC3)nc1. The van der Waals surface area contributed by atoms with Crippen molar-refractivity contribution in [1.29, 1.82) is 0 Å². The van der Waals surface area contributed by atoms with Crippen molar-refractivity contribution in [3.8, 4) is 5.88 Å². The summed E-state index contributed by atoms with van der Waals surface area (Å²) in [6.07, 6.45) is 4.19. The van der Waals surface area contributed by atoms with Crippen LogP contribution in [0.2, 0.25) is 5.02 Å². The van der Waals surface area contributed by atoms with Crippen molar-refractivity contribution in [2.75, 3.05) is 0 Å². The number of pyridine rings is 2. The van der Waals surface area contributed by atoms with E-state index in [1.807, 2.05) is 0 Å². The molecule has 0 bridgehead atoms. The summed E-state index contributed by atoms with van der Waals surface area (Å²) in [6.45, 7) is 0.252. The molecular weight excluding hydrogens is 267 g/mol. The van der Waals surface area contributed by atoms with Crippen LogP contribution >= 0.6 is 11.6 Å². The van der Waals surface area contributed by atoms with Crippen molar-refractivity contribution in [2.24, 2.45) is 0 Å². The van der Waals surface area contributed by atoms with E-state index < -0.39 is 0 Å². The monoisotopic (exact) mass is 278 g/mol. The van der Waals surface area contributed by atoms with Gasteiger partial charge in [-0.3, -0.25) is 4.98 Å². The van der Waals surface area contributed by atoms with Gasteiger partial charge in [-0.05, 0) is 37.0 Å². The van der Waals surface area contributed by atoms with Crippen molar-refractivity contribution in [1.82, 2.24) is 9.97 Å². The first-order chi connectivity index (χ1) is 9.22. The van der Waals surface area contributed by atoms with E-state index in [9.17, 15) is 4.39 Å². The van der Waals surface area contributed by atoms with Crippen LogP contribution in [0.1, 0.15) is 23.4 Å². The molecule has 3 nitrogen and oxygen atoms in total. The molecule has 0 aromatic carbocycles. The Hall–Kier alpha value is -1.68. The van der Waals surface area contributed by atoms with Gasteiger partial charge in [0.05, 0.1) is 16.9 Å². The molecule has 0 atom stereocenters. The predicted molar refractivity (Wildman–Crippen MR) is 69.8 cm³/mol.